The lowest BCUT2D eigenvalue weighted by molar-refractivity contribution is -0.148. The van der Waals surface area contributed by atoms with Crippen molar-refractivity contribution in [3.63, 3.8) is 0 Å². The van der Waals surface area contributed by atoms with Crippen LogP contribution < -0.4 is 9.64 Å². The normalized spacial score (nSPS) is 15.1. The lowest BCUT2D eigenvalue weighted by atomic mass is 9.93. The number of nitrogens with zero attached hydrogens (tertiary/aromatic N) is 2. The summed E-state index contributed by atoms with van der Waals surface area (Å²) in [7, 11) is 0. The van der Waals surface area contributed by atoms with Crippen molar-refractivity contribution < 1.29 is 33.4 Å². The summed E-state index contributed by atoms with van der Waals surface area (Å²) in [6, 6.07) is 40.5. The van der Waals surface area contributed by atoms with Gasteiger partial charge in [0, 0.05) is 44.0 Å². The van der Waals surface area contributed by atoms with E-state index in [0.29, 0.717) is 34.5 Å². The van der Waals surface area contributed by atoms with Gasteiger partial charge in [-0.2, -0.15) is 0 Å². The zero-order valence-corrected chi connectivity index (χ0v) is 32.3. The Bertz CT molecular complexity index is 2390. The molecule has 0 radical (unpaired) electrons. The van der Waals surface area contributed by atoms with Crippen LogP contribution in [-0.2, 0) is 27.3 Å². The summed E-state index contributed by atoms with van der Waals surface area (Å²) < 4.78 is 26.2. The van der Waals surface area contributed by atoms with Crippen molar-refractivity contribution in [2.75, 3.05) is 18.1 Å². The number of aliphatic hydroxyl groups excluding tert-OH is 1. The van der Waals surface area contributed by atoms with Gasteiger partial charge in [-0.3, -0.25) is 19.3 Å². The molecule has 58 heavy (non-hydrogen) atoms. The smallest absolute Gasteiger partial charge is 0.302 e. The molecule has 6 aromatic carbocycles. The van der Waals surface area contributed by atoms with Gasteiger partial charge in [0.05, 0.1) is 30.8 Å². The average molecular weight is 777 g/mol. The monoisotopic (exact) mass is 776 g/mol. The molecule has 1 aliphatic rings. The molecule has 3 atom stereocenters. The second-order valence-electron chi connectivity index (χ2n) is 14.3. The molecule has 1 aliphatic heterocycles. The minimum absolute atomic E-state index is 0.0523. The van der Waals surface area contributed by atoms with Crippen molar-refractivity contribution in [3.05, 3.63) is 180 Å². The van der Waals surface area contributed by atoms with Gasteiger partial charge in [-0.15, -0.1) is 6.58 Å². The molecule has 1 N–H and O–H groups in total. The van der Waals surface area contributed by atoms with Crippen LogP contribution in [0.2, 0.25) is 0 Å². The number of carbonyl (C=O) groups is 3. The van der Waals surface area contributed by atoms with Crippen LogP contribution >= 0.6 is 0 Å². The fourth-order valence-corrected chi connectivity index (χ4v) is 7.83. The third kappa shape index (κ3) is 8.70. The Kier molecular flexibility index (Phi) is 12.4. The molecule has 0 saturated heterocycles. The summed E-state index contributed by atoms with van der Waals surface area (Å²) in [5.74, 6) is -1.11. The summed E-state index contributed by atoms with van der Waals surface area (Å²) in [5, 5.41) is 11.4. The predicted octanol–water partition coefficient (Wildman–Crippen LogP) is 9.26. The Morgan fingerprint density at radius 3 is 2.29 bits per heavy atom. The molecular weight excluding hydrogens is 732 g/mol. The predicted molar refractivity (Wildman–Crippen MR) is 224 cm³/mol. The number of carbonyl (C=O) groups excluding carboxylic acids is 3. The minimum Gasteiger partial charge on any atom is -0.493 e. The molecule has 294 valence electrons. The van der Waals surface area contributed by atoms with Crippen molar-refractivity contribution >= 4 is 34.2 Å². The van der Waals surface area contributed by atoms with Crippen LogP contribution in [0.3, 0.4) is 0 Å². The van der Waals surface area contributed by atoms with E-state index < -0.39 is 30.0 Å². The molecule has 0 spiro atoms. The number of rotatable bonds is 15. The van der Waals surface area contributed by atoms with E-state index in [-0.39, 0.29) is 44.4 Å². The molecule has 7 rings (SSSR count). The molecule has 1 unspecified atom stereocenters. The molecule has 9 heteroatoms. The van der Waals surface area contributed by atoms with Crippen LogP contribution in [0, 0.1) is 5.82 Å². The third-order valence-corrected chi connectivity index (χ3v) is 10.5. The number of halogens is 1. The Hall–Kier alpha value is -6.58. The first-order valence-electron chi connectivity index (χ1n) is 19.4. The van der Waals surface area contributed by atoms with Crippen LogP contribution in [0.1, 0.15) is 52.9 Å². The number of amides is 2. The lowest BCUT2D eigenvalue weighted by Gasteiger charge is -2.39. The quantitative estimate of drug-likeness (QED) is 0.0635. The highest BCUT2D eigenvalue weighted by Gasteiger charge is 2.50. The highest BCUT2D eigenvalue weighted by Crippen LogP contribution is 2.48. The van der Waals surface area contributed by atoms with Crippen molar-refractivity contribution in [2.45, 2.75) is 50.9 Å². The van der Waals surface area contributed by atoms with Gasteiger partial charge >= 0.3 is 5.97 Å². The van der Waals surface area contributed by atoms with Crippen LogP contribution in [0.4, 0.5) is 10.1 Å². The SMILES string of the molecule is C=CCC(OC(C)=O)[C@@H]1[C@@H](N(Cc2cccc3ccccc23)C(=O)Cc2ccc(F)cc2)c2cc(OCCCO)ccc2N1C(=O)c1ccc(-c2ccccc2)cc1. The highest BCUT2D eigenvalue weighted by molar-refractivity contribution is 6.08. The molecule has 0 fully saturated rings. The molecule has 0 bridgehead atoms. The van der Waals surface area contributed by atoms with Gasteiger partial charge < -0.3 is 19.5 Å². The van der Waals surface area contributed by atoms with Crippen molar-refractivity contribution in [1.82, 2.24) is 4.90 Å². The largest absolute Gasteiger partial charge is 0.493 e. The number of hydrogen-bond acceptors (Lipinski definition) is 6. The molecule has 0 aromatic heterocycles. The van der Waals surface area contributed by atoms with E-state index in [9.17, 15) is 14.3 Å². The number of ether oxygens (including phenoxy) is 2. The van der Waals surface area contributed by atoms with Crippen LogP contribution in [0.15, 0.2) is 152 Å². The summed E-state index contributed by atoms with van der Waals surface area (Å²) >= 11 is 0. The molecule has 0 aliphatic carbocycles. The zero-order chi connectivity index (χ0) is 40.6. The van der Waals surface area contributed by atoms with E-state index in [1.807, 2.05) is 91.0 Å². The van der Waals surface area contributed by atoms with Gasteiger partial charge in [0.15, 0.2) is 0 Å². The summed E-state index contributed by atoms with van der Waals surface area (Å²) in [6.45, 7) is 5.62. The van der Waals surface area contributed by atoms with E-state index in [2.05, 4.69) is 6.58 Å². The second-order valence-corrected chi connectivity index (χ2v) is 14.3. The molecule has 6 aromatic rings. The van der Waals surface area contributed by atoms with Gasteiger partial charge in [0.1, 0.15) is 17.7 Å². The number of fused-ring (bicyclic) bond motifs is 2. The maximum absolute atomic E-state index is 15.1. The number of anilines is 1. The summed E-state index contributed by atoms with van der Waals surface area (Å²) in [5.41, 5.74) is 4.97. The van der Waals surface area contributed by atoms with Gasteiger partial charge in [0.2, 0.25) is 5.91 Å². The van der Waals surface area contributed by atoms with Crippen LogP contribution in [-0.4, -0.2) is 53.1 Å². The Balaban J connectivity index is 1.41. The standard InChI is InChI=1S/C49H45FN2O6/c1-3-11-45(58-33(2)54)48-47(51(46(55)30-34-18-24-40(50)25-19-34)32-39-16-9-15-37-14-7-8-17-42(37)39)43-31-41(57-29-10-28-53)26-27-44(43)52(48)49(56)38-22-20-36(21-23-38)35-12-5-4-6-13-35/h3-9,12-27,31,45,47-48,53H,1,10-11,28-30,32H2,2H3/t45?,47-,48+/m0/s1. The fourth-order valence-electron chi connectivity index (χ4n) is 7.83. The zero-order valence-electron chi connectivity index (χ0n) is 32.3. The van der Waals surface area contributed by atoms with Crippen molar-refractivity contribution in [2.24, 2.45) is 0 Å². The van der Waals surface area contributed by atoms with Gasteiger partial charge in [-0.05, 0) is 75.5 Å². The molecule has 0 saturated carbocycles. The molecule has 2 amide bonds. The van der Waals surface area contributed by atoms with Gasteiger partial charge in [-0.1, -0.05) is 103 Å². The number of aliphatic hydroxyl groups is 1. The first-order chi connectivity index (χ1) is 28.2. The number of hydrogen-bond donors (Lipinski definition) is 1. The van der Waals surface area contributed by atoms with Gasteiger partial charge in [0.25, 0.3) is 5.91 Å². The first-order valence-corrected chi connectivity index (χ1v) is 19.4. The Morgan fingerprint density at radius 1 is 0.862 bits per heavy atom. The molecular formula is C49H45FN2O6. The van der Waals surface area contributed by atoms with E-state index >= 15 is 9.59 Å². The van der Waals surface area contributed by atoms with Crippen LogP contribution in [0.25, 0.3) is 21.9 Å². The van der Waals surface area contributed by atoms with E-state index in [4.69, 9.17) is 9.47 Å². The summed E-state index contributed by atoms with van der Waals surface area (Å²) in [4.78, 5) is 46.4. The molecule has 8 nitrogen and oxygen atoms in total. The second kappa shape index (κ2) is 18.1. The molecule has 1 heterocycles. The number of esters is 1. The third-order valence-electron chi connectivity index (χ3n) is 10.5. The van der Waals surface area contributed by atoms with E-state index in [1.54, 1.807) is 52.3 Å². The van der Waals surface area contributed by atoms with E-state index in [1.165, 1.54) is 19.1 Å². The van der Waals surface area contributed by atoms with Crippen molar-refractivity contribution in [3.8, 4) is 16.9 Å². The summed E-state index contributed by atoms with van der Waals surface area (Å²) in [6.07, 6.45) is 1.24. The fraction of sp³-hybridized carbons (Fsp3) is 0.204. The Labute approximate surface area is 337 Å². The van der Waals surface area contributed by atoms with Gasteiger partial charge in [-0.25, -0.2) is 4.39 Å². The topological polar surface area (TPSA) is 96.4 Å². The average Bonchev–Trinajstić information content (AvgIpc) is 3.57. The minimum atomic E-state index is -0.924. The number of benzene rings is 6. The first kappa shape index (κ1) is 39.6. The van der Waals surface area contributed by atoms with Crippen molar-refractivity contribution in [1.29, 1.82) is 0 Å². The maximum atomic E-state index is 15.1. The van der Waals surface area contributed by atoms with Crippen LogP contribution in [0.5, 0.6) is 5.75 Å². The van der Waals surface area contributed by atoms with E-state index in [0.717, 1.165) is 27.5 Å². The Morgan fingerprint density at radius 2 is 1.57 bits per heavy atom. The maximum Gasteiger partial charge on any atom is 0.302 e. The lowest BCUT2D eigenvalue weighted by Crippen LogP contribution is -2.53. The highest BCUT2D eigenvalue weighted by atomic mass is 19.1.